The normalized spacial score (nSPS) is 16.6. The van der Waals surface area contributed by atoms with Crippen LogP contribution in [0.1, 0.15) is 32.3 Å². The monoisotopic (exact) mass is 423 g/mol. The number of thiazole rings is 1. The van der Waals surface area contributed by atoms with Crippen molar-refractivity contribution < 1.29 is 9.53 Å². The van der Waals surface area contributed by atoms with E-state index in [9.17, 15) is 4.79 Å². The Hall–Kier alpha value is -2.28. The van der Waals surface area contributed by atoms with Crippen LogP contribution in [0.2, 0.25) is 0 Å². The standard InChI is InChI=1S/C24H29N3O2S/c1-4-29-20-11-13-27(14-12-20)17(3)23(28)25-19-8-6-18(7-9-19)24-26-21-10-5-16(2)15-22(21)30-24/h5-10,15,17,20H,4,11-14H2,1-3H3,(H,25,28). The first-order valence-electron chi connectivity index (χ1n) is 10.7. The molecule has 0 spiro atoms. The van der Waals surface area contributed by atoms with Gasteiger partial charge in [0.05, 0.1) is 22.4 Å². The summed E-state index contributed by atoms with van der Waals surface area (Å²) in [7, 11) is 0. The maximum Gasteiger partial charge on any atom is 0.241 e. The number of anilines is 1. The van der Waals surface area contributed by atoms with E-state index in [1.54, 1.807) is 11.3 Å². The number of hydrogen-bond donors (Lipinski definition) is 1. The van der Waals surface area contributed by atoms with E-state index < -0.39 is 0 Å². The summed E-state index contributed by atoms with van der Waals surface area (Å²) in [5, 5.41) is 4.06. The number of carbonyl (C=O) groups excluding carboxylic acids is 1. The van der Waals surface area contributed by atoms with Crippen LogP contribution in [-0.2, 0) is 9.53 Å². The molecule has 1 aliphatic rings. The number of aromatic nitrogens is 1. The lowest BCUT2D eigenvalue weighted by Gasteiger charge is -2.35. The Morgan fingerprint density at radius 1 is 1.23 bits per heavy atom. The number of carbonyl (C=O) groups is 1. The van der Waals surface area contributed by atoms with Gasteiger partial charge in [-0.2, -0.15) is 0 Å². The third-order valence-corrected chi connectivity index (χ3v) is 6.82. The van der Waals surface area contributed by atoms with Crippen LogP contribution in [0, 0.1) is 6.92 Å². The highest BCUT2D eigenvalue weighted by Crippen LogP contribution is 2.31. The van der Waals surface area contributed by atoms with Crippen LogP contribution in [0.25, 0.3) is 20.8 Å². The summed E-state index contributed by atoms with van der Waals surface area (Å²) in [5.74, 6) is 0.0353. The molecule has 5 nitrogen and oxygen atoms in total. The molecule has 0 saturated carbocycles. The van der Waals surface area contributed by atoms with Gasteiger partial charge in [-0.25, -0.2) is 4.98 Å². The Labute approximate surface area is 182 Å². The summed E-state index contributed by atoms with van der Waals surface area (Å²) in [4.78, 5) is 19.7. The summed E-state index contributed by atoms with van der Waals surface area (Å²) in [6.45, 7) is 8.66. The maximum atomic E-state index is 12.7. The molecule has 2 heterocycles. The van der Waals surface area contributed by atoms with E-state index in [-0.39, 0.29) is 11.9 Å². The molecule has 0 aliphatic carbocycles. The number of benzene rings is 2. The number of piperidine rings is 1. The number of aryl methyl sites for hydroxylation is 1. The van der Waals surface area contributed by atoms with Crippen molar-refractivity contribution in [1.29, 1.82) is 0 Å². The first-order chi connectivity index (χ1) is 14.5. The molecule has 4 rings (SSSR count). The van der Waals surface area contributed by atoms with Crippen LogP contribution in [0.4, 0.5) is 5.69 Å². The average Bonchev–Trinajstić information content (AvgIpc) is 3.17. The summed E-state index contributed by atoms with van der Waals surface area (Å²) >= 11 is 1.70. The third kappa shape index (κ3) is 4.72. The van der Waals surface area contributed by atoms with Crippen molar-refractivity contribution in [3.05, 3.63) is 48.0 Å². The van der Waals surface area contributed by atoms with Crippen LogP contribution in [0.5, 0.6) is 0 Å². The van der Waals surface area contributed by atoms with Gasteiger partial charge >= 0.3 is 0 Å². The van der Waals surface area contributed by atoms with E-state index in [4.69, 9.17) is 9.72 Å². The van der Waals surface area contributed by atoms with Gasteiger partial charge in [-0.15, -0.1) is 11.3 Å². The molecule has 1 atom stereocenters. The van der Waals surface area contributed by atoms with Gasteiger partial charge in [0.1, 0.15) is 5.01 Å². The molecule has 2 aromatic carbocycles. The first-order valence-corrected chi connectivity index (χ1v) is 11.5. The molecule has 1 fully saturated rings. The van der Waals surface area contributed by atoms with Crippen molar-refractivity contribution in [2.45, 2.75) is 45.8 Å². The number of amides is 1. The summed E-state index contributed by atoms with van der Waals surface area (Å²) in [5.41, 5.74) is 4.15. The quantitative estimate of drug-likeness (QED) is 0.599. The Morgan fingerprint density at radius 2 is 1.97 bits per heavy atom. The third-order valence-electron chi connectivity index (χ3n) is 5.75. The maximum absolute atomic E-state index is 12.7. The molecule has 1 aromatic heterocycles. The second-order valence-corrected chi connectivity index (χ2v) is 8.95. The van der Waals surface area contributed by atoms with Crippen molar-refractivity contribution in [2.75, 3.05) is 25.0 Å². The van der Waals surface area contributed by atoms with Crippen molar-refractivity contribution in [1.82, 2.24) is 9.88 Å². The van der Waals surface area contributed by atoms with Gasteiger partial charge in [-0.1, -0.05) is 6.07 Å². The molecular formula is C24H29N3O2S. The molecule has 1 N–H and O–H groups in total. The number of ether oxygens (including phenoxy) is 1. The number of fused-ring (bicyclic) bond motifs is 1. The Balaban J connectivity index is 1.37. The lowest BCUT2D eigenvalue weighted by atomic mass is 10.1. The number of nitrogens with zero attached hydrogens (tertiary/aromatic N) is 2. The number of rotatable bonds is 6. The van der Waals surface area contributed by atoms with Crippen molar-refractivity contribution in [3.8, 4) is 10.6 Å². The largest absolute Gasteiger partial charge is 0.378 e. The average molecular weight is 424 g/mol. The molecule has 6 heteroatoms. The number of likely N-dealkylation sites (tertiary alicyclic amines) is 1. The predicted molar refractivity (Wildman–Crippen MR) is 124 cm³/mol. The highest BCUT2D eigenvalue weighted by Gasteiger charge is 2.26. The van der Waals surface area contributed by atoms with Crippen molar-refractivity contribution >= 4 is 33.1 Å². The minimum absolute atomic E-state index is 0.0353. The summed E-state index contributed by atoms with van der Waals surface area (Å²) in [6.07, 6.45) is 2.31. The molecule has 1 unspecified atom stereocenters. The zero-order valence-electron chi connectivity index (χ0n) is 17.9. The highest BCUT2D eigenvalue weighted by molar-refractivity contribution is 7.21. The van der Waals surface area contributed by atoms with E-state index in [1.807, 2.05) is 38.1 Å². The molecule has 158 valence electrons. The number of hydrogen-bond acceptors (Lipinski definition) is 5. The van der Waals surface area contributed by atoms with Gasteiger partial charge in [0, 0.05) is 30.9 Å². The second-order valence-electron chi connectivity index (χ2n) is 7.92. The van der Waals surface area contributed by atoms with Crippen LogP contribution in [0.3, 0.4) is 0 Å². The topological polar surface area (TPSA) is 54.5 Å². The fourth-order valence-electron chi connectivity index (χ4n) is 3.93. The van der Waals surface area contributed by atoms with Gasteiger partial charge in [0.15, 0.2) is 0 Å². The lowest BCUT2D eigenvalue weighted by Crippen LogP contribution is -2.47. The van der Waals surface area contributed by atoms with Gasteiger partial charge in [0.25, 0.3) is 0 Å². The fourth-order valence-corrected chi connectivity index (χ4v) is 5.00. The molecule has 1 amide bonds. The van der Waals surface area contributed by atoms with E-state index in [0.717, 1.165) is 54.3 Å². The fraction of sp³-hybridized carbons (Fsp3) is 0.417. The lowest BCUT2D eigenvalue weighted by molar-refractivity contribution is -0.121. The smallest absolute Gasteiger partial charge is 0.241 e. The first kappa shape index (κ1) is 21.0. The highest BCUT2D eigenvalue weighted by atomic mass is 32.1. The van der Waals surface area contributed by atoms with Crippen LogP contribution >= 0.6 is 11.3 Å². The zero-order chi connectivity index (χ0) is 21.1. The molecule has 3 aromatic rings. The van der Waals surface area contributed by atoms with Crippen molar-refractivity contribution in [3.63, 3.8) is 0 Å². The van der Waals surface area contributed by atoms with Gasteiger partial charge in [-0.05, 0) is 75.6 Å². The van der Waals surface area contributed by atoms with Gasteiger partial charge in [0.2, 0.25) is 5.91 Å². The van der Waals surface area contributed by atoms with E-state index >= 15 is 0 Å². The Kier molecular flexibility index (Phi) is 6.46. The zero-order valence-corrected chi connectivity index (χ0v) is 18.7. The molecule has 1 aliphatic heterocycles. The van der Waals surface area contributed by atoms with Gasteiger partial charge < -0.3 is 10.1 Å². The molecule has 1 saturated heterocycles. The molecule has 0 bridgehead atoms. The van der Waals surface area contributed by atoms with Crippen molar-refractivity contribution in [2.24, 2.45) is 0 Å². The van der Waals surface area contributed by atoms with E-state index in [2.05, 4.69) is 35.3 Å². The molecule has 30 heavy (non-hydrogen) atoms. The van der Waals surface area contributed by atoms with Gasteiger partial charge in [-0.3, -0.25) is 9.69 Å². The Bertz CT molecular complexity index is 1010. The minimum atomic E-state index is -0.153. The molecule has 0 radical (unpaired) electrons. The second kappa shape index (κ2) is 9.25. The predicted octanol–water partition coefficient (Wildman–Crippen LogP) is 5.10. The van der Waals surface area contributed by atoms with Crippen LogP contribution in [-0.4, -0.2) is 47.6 Å². The Morgan fingerprint density at radius 3 is 2.67 bits per heavy atom. The van der Waals surface area contributed by atoms with E-state index in [1.165, 1.54) is 10.3 Å². The summed E-state index contributed by atoms with van der Waals surface area (Å²) < 4.78 is 6.91. The SMILES string of the molecule is CCOC1CCN(C(C)C(=O)Nc2ccc(-c3nc4ccc(C)cc4s3)cc2)CC1. The minimum Gasteiger partial charge on any atom is -0.378 e. The van der Waals surface area contributed by atoms with E-state index in [0.29, 0.717) is 6.10 Å². The molecular weight excluding hydrogens is 394 g/mol. The summed E-state index contributed by atoms with van der Waals surface area (Å²) in [6, 6.07) is 14.1. The number of nitrogens with one attached hydrogen (secondary N) is 1. The van der Waals surface area contributed by atoms with Crippen LogP contribution < -0.4 is 5.32 Å². The van der Waals surface area contributed by atoms with Crippen LogP contribution in [0.15, 0.2) is 42.5 Å².